The molecule has 25 heavy (non-hydrogen) atoms. The highest BCUT2D eigenvalue weighted by Gasteiger charge is 2.27. The number of rotatable bonds is 3. The summed E-state index contributed by atoms with van der Waals surface area (Å²) in [4.78, 5) is 22.3. The summed E-state index contributed by atoms with van der Waals surface area (Å²) in [6.07, 6.45) is 0. The fourth-order valence-electron chi connectivity index (χ4n) is 2.08. The van der Waals surface area contributed by atoms with Gasteiger partial charge in [0.25, 0.3) is 0 Å². The Balaban J connectivity index is 0.000000326. The maximum Gasteiger partial charge on any atom is 0.414 e. The summed E-state index contributed by atoms with van der Waals surface area (Å²) in [5.74, 6) is -3.65. The fraction of sp³-hybridized carbons (Fsp3) is 0. The monoisotopic (exact) mass is 353 g/mol. The second-order valence-electron chi connectivity index (χ2n) is 4.86. The molecule has 0 aliphatic heterocycles. The van der Waals surface area contributed by atoms with Crippen molar-refractivity contribution in [3.05, 3.63) is 91.0 Å². The number of aliphatic carboxylic acids is 2. The van der Waals surface area contributed by atoms with Gasteiger partial charge < -0.3 is 10.2 Å². The molecular formula is C20H17O4S+. The van der Waals surface area contributed by atoms with Gasteiger partial charge in [-0.25, -0.2) is 9.59 Å². The minimum Gasteiger partial charge on any atom is -0.473 e. The largest absolute Gasteiger partial charge is 0.473 e. The lowest BCUT2D eigenvalue weighted by Gasteiger charge is -2.07. The Kier molecular flexibility index (Phi) is 6.80. The standard InChI is InChI=1S/C18H15S.C2H2O4/c1-4-10-16(11-5-1)19(17-12-6-2-7-13-17)18-14-8-3-9-15-18;3-1(4)2(5)6/h1-15H;(H,3,4)(H,5,6)/q+1;. The highest BCUT2D eigenvalue weighted by molar-refractivity contribution is 7.97. The lowest BCUT2D eigenvalue weighted by molar-refractivity contribution is -0.159. The quantitative estimate of drug-likeness (QED) is 0.552. The molecule has 0 aliphatic rings. The molecule has 0 heterocycles. The van der Waals surface area contributed by atoms with Crippen molar-refractivity contribution in [1.29, 1.82) is 0 Å². The molecule has 2 N–H and O–H groups in total. The van der Waals surface area contributed by atoms with Crippen LogP contribution < -0.4 is 0 Å². The van der Waals surface area contributed by atoms with E-state index in [1.807, 2.05) is 0 Å². The van der Waals surface area contributed by atoms with E-state index in [1.165, 1.54) is 14.7 Å². The smallest absolute Gasteiger partial charge is 0.414 e. The average Bonchev–Trinajstić information content (AvgIpc) is 2.65. The van der Waals surface area contributed by atoms with Crippen LogP contribution in [0.15, 0.2) is 106 Å². The molecule has 0 spiro atoms. The molecule has 0 saturated carbocycles. The Morgan fingerprint density at radius 1 is 0.520 bits per heavy atom. The molecule has 0 radical (unpaired) electrons. The van der Waals surface area contributed by atoms with Crippen LogP contribution in [0.2, 0.25) is 0 Å². The summed E-state index contributed by atoms with van der Waals surface area (Å²) < 4.78 is 0. The zero-order chi connectivity index (χ0) is 18.1. The van der Waals surface area contributed by atoms with Crippen molar-refractivity contribution in [3.8, 4) is 0 Å². The molecule has 0 atom stereocenters. The SMILES string of the molecule is O=C(O)C(=O)O.c1ccc([S+](c2ccccc2)c2ccccc2)cc1. The molecule has 0 aromatic heterocycles. The van der Waals surface area contributed by atoms with Crippen LogP contribution in [0.4, 0.5) is 0 Å². The molecule has 0 unspecified atom stereocenters. The van der Waals surface area contributed by atoms with E-state index < -0.39 is 11.9 Å². The minimum atomic E-state index is -1.82. The maximum atomic E-state index is 9.10. The topological polar surface area (TPSA) is 74.6 Å². The van der Waals surface area contributed by atoms with Crippen LogP contribution in [-0.2, 0) is 20.5 Å². The third-order valence-corrected chi connectivity index (χ3v) is 5.35. The predicted molar refractivity (Wildman–Crippen MR) is 96.8 cm³/mol. The molecule has 126 valence electrons. The van der Waals surface area contributed by atoms with Gasteiger partial charge in [-0.3, -0.25) is 0 Å². The Bertz CT molecular complexity index is 699. The van der Waals surface area contributed by atoms with E-state index in [2.05, 4.69) is 91.0 Å². The molecule has 0 saturated heterocycles. The number of carbonyl (C=O) groups is 2. The van der Waals surface area contributed by atoms with E-state index >= 15 is 0 Å². The summed E-state index contributed by atoms with van der Waals surface area (Å²) >= 11 is 0. The molecule has 3 rings (SSSR count). The van der Waals surface area contributed by atoms with Crippen molar-refractivity contribution in [1.82, 2.24) is 0 Å². The Hall–Kier alpha value is -3.05. The Morgan fingerprint density at radius 2 is 0.760 bits per heavy atom. The number of carboxylic acids is 2. The third-order valence-electron chi connectivity index (χ3n) is 3.12. The van der Waals surface area contributed by atoms with Crippen LogP contribution >= 0.6 is 0 Å². The third kappa shape index (κ3) is 5.51. The maximum absolute atomic E-state index is 9.10. The van der Waals surface area contributed by atoms with Crippen LogP contribution in [0.5, 0.6) is 0 Å². The molecule has 4 nitrogen and oxygen atoms in total. The highest BCUT2D eigenvalue weighted by Crippen LogP contribution is 2.30. The Morgan fingerprint density at radius 3 is 0.960 bits per heavy atom. The summed E-state index contributed by atoms with van der Waals surface area (Å²) in [6.45, 7) is 0. The second kappa shape index (κ2) is 9.30. The first-order chi connectivity index (χ1) is 12.1. The van der Waals surface area contributed by atoms with Crippen molar-refractivity contribution in [2.75, 3.05) is 0 Å². The van der Waals surface area contributed by atoms with Crippen molar-refractivity contribution >= 4 is 22.8 Å². The molecule has 0 amide bonds. The van der Waals surface area contributed by atoms with Gasteiger partial charge in [-0.05, 0) is 36.4 Å². The summed E-state index contributed by atoms with van der Waals surface area (Å²) in [6, 6.07) is 32.2. The normalized spacial score (nSPS) is 9.80. The number of benzene rings is 3. The molecule has 0 fully saturated rings. The van der Waals surface area contributed by atoms with Crippen molar-refractivity contribution in [3.63, 3.8) is 0 Å². The van der Waals surface area contributed by atoms with Crippen molar-refractivity contribution < 1.29 is 19.8 Å². The molecule has 3 aromatic rings. The lowest BCUT2D eigenvalue weighted by atomic mass is 10.4. The van der Waals surface area contributed by atoms with Gasteiger partial charge in [0.15, 0.2) is 14.7 Å². The highest BCUT2D eigenvalue weighted by atomic mass is 32.2. The van der Waals surface area contributed by atoms with Gasteiger partial charge in [0.05, 0.1) is 10.9 Å². The fourth-order valence-corrected chi connectivity index (χ4v) is 4.18. The van der Waals surface area contributed by atoms with Gasteiger partial charge in [-0.2, -0.15) is 0 Å². The number of hydrogen-bond acceptors (Lipinski definition) is 2. The first kappa shape index (κ1) is 18.3. The first-order valence-electron chi connectivity index (χ1n) is 7.45. The molecular weight excluding hydrogens is 336 g/mol. The van der Waals surface area contributed by atoms with Crippen molar-refractivity contribution in [2.45, 2.75) is 14.7 Å². The van der Waals surface area contributed by atoms with Crippen LogP contribution in [0.1, 0.15) is 0 Å². The van der Waals surface area contributed by atoms with E-state index in [0.29, 0.717) is 0 Å². The van der Waals surface area contributed by atoms with Crippen LogP contribution in [0.3, 0.4) is 0 Å². The van der Waals surface area contributed by atoms with Crippen LogP contribution in [0.25, 0.3) is 0 Å². The molecule has 0 bridgehead atoms. The summed E-state index contributed by atoms with van der Waals surface area (Å²) in [5.41, 5.74) is 0. The van der Waals surface area contributed by atoms with Gasteiger partial charge in [0, 0.05) is 0 Å². The summed E-state index contributed by atoms with van der Waals surface area (Å²) in [7, 11) is -0.0146. The molecule has 3 aromatic carbocycles. The van der Waals surface area contributed by atoms with E-state index in [-0.39, 0.29) is 10.9 Å². The van der Waals surface area contributed by atoms with Gasteiger partial charge in [-0.1, -0.05) is 54.6 Å². The summed E-state index contributed by atoms with van der Waals surface area (Å²) in [5, 5.41) is 14.8. The predicted octanol–water partition coefficient (Wildman–Crippen LogP) is 3.94. The van der Waals surface area contributed by atoms with Crippen molar-refractivity contribution in [2.24, 2.45) is 0 Å². The van der Waals surface area contributed by atoms with Gasteiger partial charge in [0.1, 0.15) is 0 Å². The van der Waals surface area contributed by atoms with Gasteiger partial charge in [-0.15, -0.1) is 0 Å². The van der Waals surface area contributed by atoms with Crippen LogP contribution in [-0.4, -0.2) is 22.2 Å². The Labute approximate surface area is 148 Å². The average molecular weight is 353 g/mol. The number of hydrogen-bond donors (Lipinski definition) is 2. The van der Waals surface area contributed by atoms with Gasteiger partial charge >= 0.3 is 11.9 Å². The van der Waals surface area contributed by atoms with E-state index in [9.17, 15) is 0 Å². The first-order valence-corrected chi connectivity index (χ1v) is 8.67. The zero-order valence-electron chi connectivity index (χ0n) is 13.3. The second-order valence-corrected chi connectivity index (χ2v) is 6.88. The van der Waals surface area contributed by atoms with E-state index in [0.717, 1.165) is 0 Å². The molecule has 0 aliphatic carbocycles. The van der Waals surface area contributed by atoms with Gasteiger partial charge in [0.2, 0.25) is 0 Å². The van der Waals surface area contributed by atoms with E-state index in [1.54, 1.807) is 0 Å². The number of carboxylic acid groups (broad SMARTS) is 2. The van der Waals surface area contributed by atoms with Crippen LogP contribution in [0, 0.1) is 0 Å². The lowest BCUT2D eigenvalue weighted by Crippen LogP contribution is -2.09. The minimum absolute atomic E-state index is 0.0146. The molecule has 5 heteroatoms. The van der Waals surface area contributed by atoms with E-state index in [4.69, 9.17) is 19.8 Å². The zero-order valence-corrected chi connectivity index (χ0v) is 14.1.